The van der Waals surface area contributed by atoms with Gasteiger partial charge in [0.25, 0.3) is 0 Å². The van der Waals surface area contributed by atoms with Gasteiger partial charge in [-0.1, -0.05) is 48.0 Å². The molecule has 0 bridgehead atoms. The van der Waals surface area contributed by atoms with Crippen LogP contribution in [-0.4, -0.2) is 19.2 Å². The van der Waals surface area contributed by atoms with Crippen molar-refractivity contribution in [2.75, 3.05) is 13.1 Å². The molecule has 2 atom stereocenters. The molecule has 2 unspecified atom stereocenters. The predicted octanol–water partition coefficient (Wildman–Crippen LogP) is 3.52. The molecular weight excluding hydrogens is 278 g/mol. The molecule has 0 amide bonds. The third-order valence-electron chi connectivity index (χ3n) is 3.04. The van der Waals surface area contributed by atoms with Crippen LogP contribution in [0.4, 0.5) is 0 Å². The molecule has 0 aromatic heterocycles. The molecule has 2 rings (SSSR count). The fourth-order valence-corrected chi connectivity index (χ4v) is 2.83. The highest BCUT2D eigenvalue weighted by Gasteiger charge is 2.24. The summed E-state index contributed by atoms with van der Waals surface area (Å²) in [5.41, 5.74) is 1.24. The number of nitrogens with one attached hydrogen (secondary N) is 1. The van der Waals surface area contributed by atoms with Crippen LogP contribution in [0.15, 0.2) is 28.7 Å². The zero-order chi connectivity index (χ0) is 12.3. The van der Waals surface area contributed by atoms with Gasteiger partial charge in [0.05, 0.1) is 12.2 Å². The van der Waals surface area contributed by atoms with Crippen LogP contribution in [0.3, 0.4) is 0 Å². The minimum atomic E-state index is 0.170. The van der Waals surface area contributed by atoms with E-state index in [0.29, 0.717) is 12.0 Å². The van der Waals surface area contributed by atoms with Crippen molar-refractivity contribution in [1.82, 2.24) is 5.32 Å². The van der Waals surface area contributed by atoms with Gasteiger partial charge in [-0.05, 0) is 24.0 Å². The summed E-state index contributed by atoms with van der Waals surface area (Å²) in [5, 5.41) is 3.47. The summed E-state index contributed by atoms with van der Waals surface area (Å²) in [4.78, 5) is 0. The van der Waals surface area contributed by atoms with Crippen LogP contribution in [0.1, 0.15) is 31.9 Å². The first-order valence-corrected chi connectivity index (χ1v) is 7.06. The average molecular weight is 298 g/mol. The number of ether oxygens (including phenoxy) is 1. The van der Waals surface area contributed by atoms with E-state index >= 15 is 0 Å². The Labute approximate surface area is 112 Å². The van der Waals surface area contributed by atoms with Gasteiger partial charge in [0, 0.05) is 17.6 Å². The highest BCUT2D eigenvalue weighted by molar-refractivity contribution is 9.10. The predicted molar refractivity (Wildman–Crippen MR) is 74.1 cm³/mol. The van der Waals surface area contributed by atoms with E-state index in [2.05, 4.69) is 53.3 Å². The second kappa shape index (κ2) is 5.98. The Kier molecular flexibility index (Phi) is 4.60. The Morgan fingerprint density at radius 2 is 2.12 bits per heavy atom. The van der Waals surface area contributed by atoms with Gasteiger partial charge in [0.15, 0.2) is 0 Å². The molecule has 94 valence electrons. The van der Waals surface area contributed by atoms with Crippen molar-refractivity contribution < 1.29 is 4.74 Å². The SMILES string of the molecule is CC(C)CC1CNCC(c2ccccc2Br)O1. The maximum atomic E-state index is 6.17. The molecule has 1 heterocycles. The molecule has 0 spiro atoms. The molecule has 0 aliphatic carbocycles. The smallest absolute Gasteiger partial charge is 0.0964 e. The Morgan fingerprint density at radius 1 is 1.35 bits per heavy atom. The number of hydrogen-bond donors (Lipinski definition) is 1. The Morgan fingerprint density at radius 3 is 2.82 bits per heavy atom. The average Bonchev–Trinajstić information content (AvgIpc) is 2.29. The molecule has 0 saturated carbocycles. The van der Waals surface area contributed by atoms with E-state index in [4.69, 9.17) is 4.74 Å². The third-order valence-corrected chi connectivity index (χ3v) is 3.77. The van der Waals surface area contributed by atoms with Crippen molar-refractivity contribution in [1.29, 1.82) is 0 Å². The summed E-state index contributed by atoms with van der Waals surface area (Å²) in [6.07, 6.45) is 1.62. The van der Waals surface area contributed by atoms with Crippen LogP contribution in [0.5, 0.6) is 0 Å². The summed E-state index contributed by atoms with van der Waals surface area (Å²) in [5.74, 6) is 0.680. The van der Waals surface area contributed by atoms with Crippen molar-refractivity contribution in [3.8, 4) is 0 Å². The monoisotopic (exact) mass is 297 g/mol. The van der Waals surface area contributed by atoms with Crippen molar-refractivity contribution in [2.24, 2.45) is 5.92 Å². The molecule has 3 heteroatoms. The molecule has 17 heavy (non-hydrogen) atoms. The first-order valence-electron chi connectivity index (χ1n) is 6.27. The lowest BCUT2D eigenvalue weighted by atomic mass is 10.0. The lowest BCUT2D eigenvalue weighted by Crippen LogP contribution is -2.41. The van der Waals surface area contributed by atoms with Crippen molar-refractivity contribution in [3.63, 3.8) is 0 Å². The maximum Gasteiger partial charge on any atom is 0.0964 e. The topological polar surface area (TPSA) is 21.3 Å². The van der Waals surface area contributed by atoms with Crippen LogP contribution in [0.25, 0.3) is 0 Å². The molecule has 1 aromatic carbocycles. The second-order valence-corrected chi connectivity index (χ2v) is 5.91. The van der Waals surface area contributed by atoms with Gasteiger partial charge in [0.1, 0.15) is 0 Å². The molecular formula is C14H20BrNO. The number of halogens is 1. The summed E-state index contributed by atoms with van der Waals surface area (Å²) < 4.78 is 7.31. The van der Waals surface area contributed by atoms with Crippen LogP contribution in [-0.2, 0) is 4.74 Å². The summed E-state index contributed by atoms with van der Waals surface area (Å²) in [7, 11) is 0. The Bertz CT molecular complexity index is 367. The molecule has 1 aromatic rings. The maximum absolute atomic E-state index is 6.17. The molecule has 1 fully saturated rings. The standard InChI is InChI=1S/C14H20BrNO/c1-10(2)7-11-8-16-9-14(17-11)12-5-3-4-6-13(12)15/h3-6,10-11,14,16H,7-9H2,1-2H3. The highest BCUT2D eigenvalue weighted by Crippen LogP contribution is 2.29. The van der Waals surface area contributed by atoms with E-state index < -0.39 is 0 Å². The molecule has 2 nitrogen and oxygen atoms in total. The minimum absolute atomic E-state index is 0.170. The van der Waals surface area contributed by atoms with E-state index in [0.717, 1.165) is 24.0 Å². The zero-order valence-electron chi connectivity index (χ0n) is 10.4. The Hall–Kier alpha value is -0.380. The lowest BCUT2D eigenvalue weighted by Gasteiger charge is -2.32. The van der Waals surface area contributed by atoms with Crippen molar-refractivity contribution in [3.05, 3.63) is 34.3 Å². The van der Waals surface area contributed by atoms with Crippen molar-refractivity contribution in [2.45, 2.75) is 32.5 Å². The first kappa shape index (κ1) is 13.1. The number of morpholine rings is 1. The van der Waals surface area contributed by atoms with Gasteiger partial charge in [-0.2, -0.15) is 0 Å². The summed E-state index contributed by atoms with van der Waals surface area (Å²) in [6.45, 7) is 6.35. The minimum Gasteiger partial charge on any atom is -0.368 e. The fourth-order valence-electron chi connectivity index (χ4n) is 2.29. The van der Waals surface area contributed by atoms with Gasteiger partial charge >= 0.3 is 0 Å². The lowest BCUT2D eigenvalue weighted by molar-refractivity contribution is -0.0477. The molecule has 1 aliphatic heterocycles. The second-order valence-electron chi connectivity index (χ2n) is 5.06. The Balaban J connectivity index is 2.04. The van der Waals surface area contributed by atoms with E-state index in [-0.39, 0.29) is 6.10 Å². The molecule has 1 aliphatic rings. The van der Waals surface area contributed by atoms with Gasteiger partial charge < -0.3 is 10.1 Å². The molecule has 0 radical (unpaired) electrons. The van der Waals surface area contributed by atoms with E-state index in [9.17, 15) is 0 Å². The molecule has 1 saturated heterocycles. The van der Waals surface area contributed by atoms with Crippen LogP contribution < -0.4 is 5.32 Å². The van der Waals surface area contributed by atoms with E-state index in [1.165, 1.54) is 5.56 Å². The van der Waals surface area contributed by atoms with Crippen LogP contribution >= 0.6 is 15.9 Å². The van der Waals surface area contributed by atoms with Gasteiger partial charge in [-0.25, -0.2) is 0 Å². The summed E-state index contributed by atoms with van der Waals surface area (Å²) >= 11 is 3.59. The van der Waals surface area contributed by atoms with Crippen molar-refractivity contribution >= 4 is 15.9 Å². The highest BCUT2D eigenvalue weighted by atomic mass is 79.9. The number of benzene rings is 1. The first-order chi connectivity index (χ1) is 8.16. The largest absolute Gasteiger partial charge is 0.368 e. The number of rotatable bonds is 3. The van der Waals surface area contributed by atoms with Crippen LogP contribution in [0, 0.1) is 5.92 Å². The van der Waals surface area contributed by atoms with Gasteiger partial charge in [-0.3, -0.25) is 0 Å². The zero-order valence-corrected chi connectivity index (χ0v) is 12.0. The van der Waals surface area contributed by atoms with Crippen LogP contribution in [0.2, 0.25) is 0 Å². The third kappa shape index (κ3) is 3.54. The van der Waals surface area contributed by atoms with E-state index in [1.807, 2.05) is 6.07 Å². The van der Waals surface area contributed by atoms with Gasteiger partial charge in [-0.15, -0.1) is 0 Å². The summed E-state index contributed by atoms with van der Waals surface area (Å²) in [6, 6.07) is 8.31. The number of hydrogen-bond acceptors (Lipinski definition) is 2. The molecule has 1 N–H and O–H groups in total. The fraction of sp³-hybridized carbons (Fsp3) is 0.571. The quantitative estimate of drug-likeness (QED) is 0.922. The van der Waals surface area contributed by atoms with Gasteiger partial charge in [0.2, 0.25) is 0 Å². The normalized spacial score (nSPS) is 25.2. The van der Waals surface area contributed by atoms with E-state index in [1.54, 1.807) is 0 Å².